The second-order valence-corrected chi connectivity index (χ2v) is 4.51. The largest absolute Gasteiger partial charge is 0.279 e. The highest BCUT2D eigenvalue weighted by Crippen LogP contribution is 2.28. The highest BCUT2D eigenvalue weighted by Gasteiger charge is 2.08. The molecule has 0 aliphatic rings. The highest BCUT2D eigenvalue weighted by atomic mass is 79.9. The summed E-state index contributed by atoms with van der Waals surface area (Å²) in [4.78, 5) is 4.27. The predicted octanol–water partition coefficient (Wildman–Crippen LogP) is 3.22. The predicted molar refractivity (Wildman–Crippen MR) is 66.3 cm³/mol. The third kappa shape index (κ3) is 1.89. The second kappa shape index (κ2) is 3.90. The van der Waals surface area contributed by atoms with Crippen LogP contribution in [0, 0.1) is 11.7 Å². The van der Waals surface area contributed by atoms with Crippen LogP contribution >= 0.6 is 28.1 Å². The standard InChI is InChI=1S/C10H10BrN3S/c1-6-4-3-5-7(8(6)11)9-12-10(15)14(2)13-9/h3-5H,1-2H3,(H,12,13,15). The third-order valence-corrected chi connectivity index (χ3v) is 3.63. The molecule has 0 saturated heterocycles. The van der Waals surface area contributed by atoms with E-state index < -0.39 is 0 Å². The molecule has 2 aromatic rings. The van der Waals surface area contributed by atoms with E-state index in [0.29, 0.717) is 4.77 Å². The molecule has 1 N–H and O–H groups in total. The van der Waals surface area contributed by atoms with Gasteiger partial charge in [0, 0.05) is 17.1 Å². The number of aryl methyl sites for hydroxylation is 2. The van der Waals surface area contributed by atoms with Crippen LogP contribution in [0.5, 0.6) is 0 Å². The Kier molecular flexibility index (Phi) is 2.75. The van der Waals surface area contributed by atoms with Crippen LogP contribution in [-0.2, 0) is 7.05 Å². The van der Waals surface area contributed by atoms with Gasteiger partial charge in [0.15, 0.2) is 5.82 Å². The number of aromatic amines is 1. The Hall–Kier alpha value is -0.940. The van der Waals surface area contributed by atoms with Crippen LogP contribution in [-0.4, -0.2) is 14.8 Å². The van der Waals surface area contributed by atoms with E-state index in [9.17, 15) is 0 Å². The molecule has 1 aromatic carbocycles. The average Bonchev–Trinajstić information content (AvgIpc) is 2.51. The van der Waals surface area contributed by atoms with Crippen LogP contribution in [0.4, 0.5) is 0 Å². The molecule has 0 amide bonds. The number of nitrogens with one attached hydrogen (secondary N) is 1. The first-order valence-corrected chi connectivity index (χ1v) is 5.68. The fourth-order valence-corrected chi connectivity index (χ4v) is 1.94. The quantitative estimate of drug-likeness (QED) is 0.816. The zero-order chi connectivity index (χ0) is 11.0. The molecule has 0 radical (unpaired) electrons. The van der Waals surface area contributed by atoms with Crippen molar-refractivity contribution in [2.75, 3.05) is 0 Å². The Labute approximate surface area is 101 Å². The van der Waals surface area contributed by atoms with E-state index in [1.807, 2.05) is 32.2 Å². The van der Waals surface area contributed by atoms with Gasteiger partial charge in [-0.2, -0.15) is 4.98 Å². The fraction of sp³-hybridized carbons (Fsp3) is 0.200. The van der Waals surface area contributed by atoms with Gasteiger partial charge in [-0.1, -0.05) is 18.2 Å². The molecule has 0 unspecified atom stereocenters. The lowest BCUT2D eigenvalue weighted by Gasteiger charge is -2.03. The lowest BCUT2D eigenvalue weighted by atomic mass is 10.1. The minimum atomic E-state index is 0.554. The maximum absolute atomic E-state index is 5.06. The SMILES string of the molecule is Cc1cccc(-c2nc(=S)n(C)[nH]2)c1Br. The zero-order valence-corrected chi connectivity index (χ0v) is 10.8. The van der Waals surface area contributed by atoms with Gasteiger partial charge < -0.3 is 0 Å². The van der Waals surface area contributed by atoms with Crippen molar-refractivity contribution in [1.82, 2.24) is 14.8 Å². The van der Waals surface area contributed by atoms with Crippen molar-refractivity contribution in [2.45, 2.75) is 6.92 Å². The van der Waals surface area contributed by atoms with Gasteiger partial charge in [0.25, 0.3) is 0 Å². The summed E-state index contributed by atoms with van der Waals surface area (Å²) in [5.74, 6) is 0.790. The normalized spacial score (nSPS) is 10.6. The van der Waals surface area contributed by atoms with Crippen molar-refractivity contribution >= 4 is 28.1 Å². The average molecular weight is 284 g/mol. The summed E-state index contributed by atoms with van der Waals surface area (Å²) in [6.07, 6.45) is 0. The van der Waals surface area contributed by atoms with Crippen LogP contribution in [0.15, 0.2) is 22.7 Å². The molecular weight excluding hydrogens is 274 g/mol. The minimum absolute atomic E-state index is 0.554. The van der Waals surface area contributed by atoms with Crippen molar-refractivity contribution in [3.8, 4) is 11.4 Å². The van der Waals surface area contributed by atoms with Crippen molar-refractivity contribution < 1.29 is 0 Å². The molecule has 0 aliphatic carbocycles. The molecule has 3 nitrogen and oxygen atoms in total. The van der Waals surface area contributed by atoms with E-state index >= 15 is 0 Å². The van der Waals surface area contributed by atoms with Crippen LogP contribution in [0.3, 0.4) is 0 Å². The number of halogens is 1. The molecule has 0 saturated carbocycles. The van der Waals surface area contributed by atoms with Crippen molar-refractivity contribution in [2.24, 2.45) is 7.05 Å². The summed E-state index contributed by atoms with van der Waals surface area (Å²) in [7, 11) is 1.85. The van der Waals surface area contributed by atoms with E-state index in [0.717, 1.165) is 15.9 Å². The van der Waals surface area contributed by atoms with E-state index in [1.54, 1.807) is 4.68 Å². The van der Waals surface area contributed by atoms with Gasteiger partial charge >= 0.3 is 0 Å². The van der Waals surface area contributed by atoms with Crippen LogP contribution in [0.2, 0.25) is 0 Å². The van der Waals surface area contributed by atoms with Crippen LogP contribution in [0.25, 0.3) is 11.4 Å². The van der Waals surface area contributed by atoms with E-state index in [1.165, 1.54) is 5.56 Å². The first kappa shape index (κ1) is 10.6. The Morgan fingerprint density at radius 3 is 2.80 bits per heavy atom. The second-order valence-electron chi connectivity index (χ2n) is 3.35. The summed E-state index contributed by atoms with van der Waals surface area (Å²) in [6, 6.07) is 6.05. The summed E-state index contributed by atoms with van der Waals surface area (Å²) < 4.78 is 3.33. The molecule has 0 fully saturated rings. The van der Waals surface area contributed by atoms with Crippen LogP contribution in [0.1, 0.15) is 5.56 Å². The lowest BCUT2D eigenvalue weighted by molar-refractivity contribution is 0.756. The maximum Gasteiger partial charge on any atom is 0.216 e. The first-order valence-electron chi connectivity index (χ1n) is 4.48. The topological polar surface area (TPSA) is 33.6 Å². The fourth-order valence-electron chi connectivity index (χ4n) is 1.35. The molecule has 0 spiro atoms. The van der Waals surface area contributed by atoms with Gasteiger partial charge in [-0.15, -0.1) is 0 Å². The number of hydrogen-bond donors (Lipinski definition) is 1. The molecule has 1 aromatic heterocycles. The monoisotopic (exact) mass is 283 g/mol. The minimum Gasteiger partial charge on any atom is -0.279 e. The molecule has 0 bridgehead atoms. The Bertz CT molecular complexity index is 556. The van der Waals surface area contributed by atoms with E-state index in [2.05, 4.69) is 26.0 Å². The van der Waals surface area contributed by atoms with Gasteiger partial charge in [0.2, 0.25) is 4.77 Å². The van der Waals surface area contributed by atoms with Crippen molar-refractivity contribution in [3.63, 3.8) is 0 Å². The number of aromatic nitrogens is 3. The van der Waals surface area contributed by atoms with Gasteiger partial charge in [0.1, 0.15) is 0 Å². The Balaban J connectivity index is 2.64. The van der Waals surface area contributed by atoms with Gasteiger partial charge in [-0.05, 0) is 40.6 Å². The molecular formula is C10H10BrN3S. The molecule has 5 heteroatoms. The lowest BCUT2D eigenvalue weighted by Crippen LogP contribution is -1.90. The number of rotatable bonds is 1. The number of H-pyrrole nitrogens is 1. The number of nitrogens with zero attached hydrogens (tertiary/aromatic N) is 2. The summed E-state index contributed by atoms with van der Waals surface area (Å²) in [5.41, 5.74) is 2.21. The maximum atomic E-state index is 5.06. The number of hydrogen-bond acceptors (Lipinski definition) is 2. The number of benzene rings is 1. The Morgan fingerprint density at radius 1 is 1.47 bits per heavy atom. The molecule has 0 atom stereocenters. The highest BCUT2D eigenvalue weighted by molar-refractivity contribution is 9.10. The van der Waals surface area contributed by atoms with Gasteiger partial charge in [0.05, 0.1) is 0 Å². The molecule has 2 rings (SSSR count). The Morgan fingerprint density at radius 2 is 2.20 bits per heavy atom. The zero-order valence-electron chi connectivity index (χ0n) is 8.41. The molecule has 78 valence electrons. The van der Waals surface area contributed by atoms with Crippen LogP contribution < -0.4 is 0 Å². The molecule has 1 heterocycles. The van der Waals surface area contributed by atoms with Crippen molar-refractivity contribution in [1.29, 1.82) is 0 Å². The summed E-state index contributed by atoms with van der Waals surface area (Å²) in [5, 5.41) is 3.10. The van der Waals surface area contributed by atoms with Gasteiger partial charge in [-0.25, -0.2) is 0 Å². The van der Waals surface area contributed by atoms with Gasteiger partial charge in [-0.3, -0.25) is 9.78 Å². The molecule has 0 aliphatic heterocycles. The summed E-state index contributed by atoms with van der Waals surface area (Å²) >= 11 is 8.60. The van der Waals surface area contributed by atoms with E-state index in [4.69, 9.17) is 12.2 Å². The first-order chi connectivity index (χ1) is 7.09. The van der Waals surface area contributed by atoms with E-state index in [-0.39, 0.29) is 0 Å². The smallest absolute Gasteiger partial charge is 0.216 e. The summed E-state index contributed by atoms with van der Waals surface area (Å²) in [6.45, 7) is 2.05. The third-order valence-electron chi connectivity index (χ3n) is 2.21. The molecule has 15 heavy (non-hydrogen) atoms. The van der Waals surface area contributed by atoms with Crippen molar-refractivity contribution in [3.05, 3.63) is 33.0 Å².